The van der Waals surface area contributed by atoms with Crippen LogP contribution < -0.4 is 14.8 Å². The molecule has 0 aliphatic carbocycles. The van der Waals surface area contributed by atoms with Gasteiger partial charge in [-0.15, -0.1) is 0 Å². The molecule has 27 heavy (non-hydrogen) atoms. The van der Waals surface area contributed by atoms with E-state index >= 15 is 0 Å². The van der Waals surface area contributed by atoms with Crippen molar-refractivity contribution in [3.63, 3.8) is 0 Å². The molecule has 0 unspecified atom stereocenters. The molecule has 0 aliphatic rings. The Kier molecular flexibility index (Phi) is 6.73. The minimum absolute atomic E-state index is 0.439. The fourth-order valence-electron chi connectivity index (χ4n) is 2.52. The van der Waals surface area contributed by atoms with Gasteiger partial charge in [0.25, 0.3) is 0 Å². The first-order valence-corrected chi connectivity index (χ1v) is 9.42. The molecule has 3 aromatic rings. The van der Waals surface area contributed by atoms with Gasteiger partial charge in [-0.25, -0.2) is 0 Å². The number of ether oxygens (including phenoxy) is 2. The van der Waals surface area contributed by atoms with E-state index in [0.717, 1.165) is 16.8 Å². The highest BCUT2D eigenvalue weighted by Crippen LogP contribution is 2.34. The van der Waals surface area contributed by atoms with Gasteiger partial charge >= 0.3 is 0 Å². The third-order valence-corrected chi connectivity index (χ3v) is 5.06. The smallest absolute Gasteiger partial charge is 0.163 e. The largest absolute Gasteiger partial charge is 0.493 e. The van der Waals surface area contributed by atoms with Crippen molar-refractivity contribution < 1.29 is 9.47 Å². The predicted octanol–water partition coefficient (Wildman–Crippen LogP) is 6.85. The highest BCUT2D eigenvalue weighted by molar-refractivity contribution is 6.42. The van der Waals surface area contributed by atoms with Crippen molar-refractivity contribution in [3.05, 3.63) is 86.9 Å². The van der Waals surface area contributed by atoms with Crippen molar-refractivity contribution in [2.45, 2.75) is 13.2 Å². The van der Waals surface area contributed by atoms with E-state index in [2.05, 4.69) is 5.32 Å². The SMILES string of the molecule is COc1cc(CNc2ccc(Cl)c(Cl)c2)c(Cl)cc1OCc1ccccc1. The van der Waals surface area contributed by atoms with E-state index in [4.69, 9.17) is 44.3 Å². The molecule has 3 nitrogen and oxygen atoms in total. The second-order valence-corrected chi connectivity index (χ2v) is 7.07. The summed E-state index contributed by atoms with van der Waals surface area (Å²) in [7, 11) is 1.61. The van der Waals surface area contributed by atoms with E-state index in [1.807, 2.05) is 42.5 Å². The van der Waals surface area contributed by atoms with Gasteiger partial charge in [-0.2, -0.15) is 0 Å². The molecule has 0 saturated heterocycles. The van der Waals surface area contributed by atoms with E-state index in [1.54, 1.807) is 25.3 Å². The lowest BCUT2D eigenvalue weighted by molar-refractivity contribution is 0.284. The average molecular weight is 423 g/mol. The summed E-state index contributed by atoms with van der Waals surface area (Å²) >= 11 is 18.4. The molecule has 6 heteroatoms. The van der Waals surface area contributed by atoms with Gasteiger partial charge in [0.05, 0.1) is 17.2 Å². The van der Waals surface area contributed by atoms with Gasteiger partial charge in [0, 0.05) is 23.3 Å². The Balaban J connectivity index is 1.72. The van der Waals surface area contributed by atoms with Gasteiger partial charge < -0.3 is 14.8 Å². The maximum Gasteiger partial charge on any atom is 0.163 e. The molecule has 1 N–H and O–H groups in total. The third kappa shape index (κ3) is 5.23. The van der Waals surface area contributed by atoms with Crippen LogP contribution >= 0.6 is 34.8 Å². The zero-order chi connectivity index (χ0) is 19.2. The third-order valence-electron chi connectivity index (χ3n) is 3.97. The summed E-state index contributed by atoms with van der Waals surface area (Å²) in [4.78, 5) is 0. The van der Waals surface area contributed by atoms with Crippen LogP contribution in [-0.2, 0) is 13.2 Å². The topological polar surface area (TPSA) is 30.5 Å². The molecule has 0 fully saturated rings. The number of methoxy groups -OCH3 is 1. The molecule has 0 atom stereocenters. The predicted molar refractivity (Wildman–Crippen MR) is 113 cm³/mol. The first-order valence-electron chi connectivity index (χ1n) is 8.29. The van der Waals surface area contributed by atoms with Crippen LogP contribution in [0, 0.1) is 0 Å². The molecule has 0 spiro atoms. The zero-order valence-corrected chi connectivity index (χ0v) is 16.9. The normalized spacial score (nSPS) is 10.5. The summed E-state index contributed by atoms with van der Waals surface area (Å²) in [6.07, 6.45) is 0. The first-order chi connectivity index (χ1) is 13.1. The molecule has 0 bridgehead atoms. The van der Waals surface area contributed by atoms with E-state index in [9.17, 15) is 0 Å². The molecule has 3 aromatic carbocycles. The van der Waals surface area contributed by atoms with Crippen molar-refractivity contribution in [3.8, 4) is 11.5 Å². The molecule has 0 heterocycles. The summed E-state index contributed by atoms with van der Waals surface area (Å²) in [5.41, 5.74) is 2.80. The highest BCUT2D eigenvalue weighted by atomic mass is 35.5. The molecule has 0 aromatic heterocycles. The summed E-state index contributed by atoms with van der Waals surface area (Å²) in [5.74, 6) is 1.23. The fourth-order valence-corrected chi connectivity index (χ4v) is 3.04. The Labute approximate surface area is 173 Å². The van der Waals surface area contributed by atoms with Gasteiger partial charge in [0.15, 0.2) is 11.5 Å². The Morgan fingerprint density at radius 3 is 2.30 bits per heavy atom. The van der Waals surface area contributed by atoms with E-state index in [0.29, 0.717) is 39.7 Å². The molecule has 0 amide bonds. The number of anilines is 1. The van der Waals surface area contributed by atoms with Crippen LogP contribution in [0.1, 0.15) is 11.1 Å². The van der Waals surface area contributed by atoms with Gasteiger partial charge in [-0.3, -0.25) is 0 Å². The van der Waals surface area contributed by atoms with Crippen LogP contribution in [0.4, 0.5) is 5.69 Å². The Morgan fingerprint density at radius 2 is 1.59 bits per heavy atom. The number of rotatable bonds is 7. The minimum Gasteiger partial charge on any atom is -0.493 e. The van der Waals surface area contributed by atoms with Crippen molar-refractivity contribution in [2.75, 3.05) is 12.4 Å². The first kappa shape index (κ1) is 19.7. The maximum absolute atomic E-state index is 6.44. The lowest BCUT2D eigenvalue weighted by atomic mass is 10.2. The quantitative estimate of drug-likeness (QED) is 0.452. The summed E-state index contributed by atoms with van der Waals surface area (Å²) in [6, 6.07) is 18.9. The number of halogens is 3. The van der Waals surface area contributed by atoms with Crippen LogP contribution in [0.15, 0.2) is 60.7 Å². The van der Waals surface area contributed by atoms with Gasteiger partial charge in [-0.05, 0) is 35.4 Å². The number of benzene rings is 3. The second kappa shape index (κ2) is 9.23. The molecule has 3 rings (SSSR count). The van der Waals surface area contributed by atoms with E-state index < -0.39 is 0 Å². The van der Waals surface area contributed by atoms with Crippen LogP contribution in [-0.4, -0.2) is 7.11 Å². The monoisotopic (exact) mass is 421 g/mol. The van der Waals surface area contributed by atoms with Crippen LogP contribution in [0.5, 0.6) is 11.5 Å². The molecular formula is C21H18Cl3NO2. The van der Waals surface area contributed by atoms with E-state index in [1.165, 1.54) is 0 Å². The maximum atomic E-state index is 6.44. The summed E-state index contributed by atoms with van der Waals surface area (Å²) in [5, 5.41) is 4.87. The lowest BCUT2D eigenvalue weighted by Gasteiger charge is -2.15. The fraction of sp³-hybridized carbons (Fsp3) is 0.143. The van der Waals surface area contributed by atoms with Gasteiger partial charge in [0.2, 0.25) is 0 Å². The van der Waals surface area contributed by atoms with Crippen molar-refractivity contribution in [1.29, 1.82) is 0 Å². The second-order valence-electron chi connectivity index (χ2n) is 5.85. The zero-order valence-electron chi connectivity index (χ0n) is 14.6. The molecule has 0 saturated carbocycles. The minimum atomic E-state index is 0.439. The Morgan fingerprint density at radius 1 is 0.815 bits per heavy atom. The summed E-state index contributed by atoms with van der Waals surface area (Å²) < 4.78 is 11.3. The number of nitrogens with one attached hydrogen (secondary N) is 1. The van der Waals surface area contributed by atoms with Crippen molar-refractivity contribution in [2.24, 2.45) is 0 Å². The van der Waals surface area contributed by atoms with Crippen molar-refractivity contribution in [1.82, 2.24) is 0 Å². The molecule has 0 aliphatic heterocycles. The summed E-state index contributed by atoms with van der Waals surface area (Å²) in [6.45, 7) is 0.945. The van der Waals surface area contributed by atoms with Crippen LogP contribution in [0.25, 0.3) is 0 Å². The number of hydrogen-bond acceptors (Lipinski definition) is 3. The van der Waals surface area contributed by atoms with Crippen molar-refractivity contribution >= 4 is 40.5 Å². The molecule has 140 valence electrons. The Hall–Kier alpha value is -2.07. The van der Waals surface area contributed by atoms with Crippen LogP contribution in [0.3, 0.4) is 0 Å². The standard InChI is InChI=1S/C21H18Cl3NO2/c1-26-20-9-15(12-25-16-7-8-17(22)19(24)10-16)18(23)11-21(20)27-13-14-5-3-2-4-6-14/h2-11,25H,12-13H2,1H3. The number of hydrogen-bond donors (Lipinski definition) is 1. The van der Waals surface area contributed by atoms with Crippen LogP contribution in [0.2, 0.25) is 15.1 Å². The van der Waals surface area contributed by atoms with Gasteiger partial charge in [-0.1, -0.05) is 65.1 Å². The average Bonchev–Trinajstić information content (AvgIpc) is 2.69. The van der Waals surface area contributed by atoms with Gasteiger partial charge in [0.1, 0.15) is 6.61 Å². The molecule has 0 radical (unpaired) electrons. The highest BCUT2D eigenvalue weighted by Gasteiger charge is 2.11. The van der Waals surface area contributed by atoms with E-state index in [-0.39, 0.29) is 0 Å². The Bertz CT molecular complexity index is 917. The molecular weight excluding hydrogens is 405 g/mol. The lowest BCUT2D eigenvalue weighted by Crippen LogP contribution is -2.03.